The Kier molecular flexibility index (Phi) is 3.19. The van der Waals surface area contributed by atoms with Gasteiger partial charge in [-0.15, -0.1) is 0 Å². The zero-order valence-corrected chi connectivity index (χ0v) is 10.3. The highest BCUT2D eigenvalue weighted by Gasteiger charge is 2.29. The van der Waals surface area contributed by atoms with Crippen LogP contribution in [0.15, 0.2) is 12.1 Å². The van der Waals surface area contributed by atoms with E-state index in [0.29, 0.717) is 5.82 Å². The van der Waals surface area contributed by atoms with Crippen molar-refractivity contribution < 1.29 is 4.92 Å². The maximum absolute atomic E-state index is 10.7. The van der Waals surface area contributed by atoms with Crippen LogP contribution in [-0.2, 0) is 0 Å². The van der Waals surface area contributed by atoms with Crippen molar-refractivity contribution in [3.05, 3.63) is 27.4 Å². The van der Waals surface area contributed by atoms with Gasteiger partial charge in [-0.2, -0.15) is 0 Å². The van der Waals surface area contributed by atoms with E-state index in [1.807, 2.05) is 0 Å². The van der Waals surface area contributed by atoms with Gasteiger partial charge in [-0.3, -0.25) is 10.1 Å². The summed E-state index contributed by atoms with van der Waals surface area (Å²) in [6.45, 7) is 2.11. The Labute approximate surface area is 104 Å². The quantitative estimate of drug-likeness (QED) is 0.511. The number of pyridine rings is 1. The fourth-order valence-electron chi connectivity index (χ4n) is 2.24. The summed E-state index contributed by atoms with van der Waals surface area (Å²) in [7, 11) is 0. The molecule has 17 heavy (non-hydrogen) atoms. The van der Waals surface area contributed by atoms with E-state index in [1.54, 1.807) is 0 Å². The molecule has 1 N–H and O–H groups in total. The lowest BCUT2D eigenvalue weighted by molar-refractivity contribution is -0.384. The summed E-state index contributed by atoms with van der Waals surface area (Å²) in [4.78, 5) is 14.3. The molecule has 6 heteroatoms. The lowest BCUT2D eigenvalue weighted by Gasteiger charge is -2.25. The number of nitro groups is 1. The molecule has 0 aromatic carbocycles. The van der Waals surface area contributed by atoms with Crippen LogP contribution in [0.2, 0.25) is 5.15 Å². The van der Waals surface area contributed by atoms with Crippen LogP contribution in [0.3, 0.4) is 0 Å². The molecule has 1 aliphatic rings. The summed E-state index contributed by atoms with van der Waals surface area (Å²) in [6, 6.07) is 2.68. The van der Waals surface area contributed by atoms with Gasteiger partial charge >= 0.3 is 0 Å². The summed E-state index contributed by atoms with van der Waals surface area (Å²) >= 11 is 5.77. The standard InChI is InChI=1S/C11H14ClN3O2/c1-11(4-2-3-5-11)14-10-7-8(15(16)17)6-9(12)13-10/h6-7H,2-5H2,1H3,(H,13,14). The minimum atomic E-state index is -0.463. The highest BCUT2D eigenvalue weighted by Crippen LogP contribution is 2.33. The molecule has 0 spiro atoms. The van der Waals surface area contributed by atoms with E-state index in [2.05, 4.69) is 17.2 Å². The van der Waals surface area contributed by atoms with E-state index in [4.69, 9.17) is 11.6 Å². The number of nitrogens with zero attached hydrogens (tertiary/aromatic N) is 2. The SMILES string of the molecule is CC1(Nc2cc([N+](=O)[O-])cc(Cl)n2)CCCC1. The van der Waals surface area contributed by atoms with Crippen molar-refractivity contribution >= 4 is 23.1 Å². The first kappa shape index (κ1) is 12.1. The first-order valence-corrected chi connectivity index (χ1v) is 5.96. The first-order valence-electron chi connectivity index (χ1n) is 5.59. The second kappa shape index (κ2) is 4.49. The van der Waals surface area contributed by atoms with Crippen LogP contribution in [-0.4, -0.2) is 15.4 Å². The Hall–Kier alpha value is -1.36. The van der Waals surface area contributed by atoms with Gasteiger partial charge in [-0.1, -0.05) is 24.4 Å². The number of aromatic nitrogens is 1. The van der Waals surface area contributed by atoms with Crippen molar-refractivity contribution in [2.45, 2.75) is 38.1 Å². The van der Waals surface area contributed by atoms with Gasteiger partial charge < -0.3 is 5.32 Å². The predicted octanol–water partition coefficient (Wildman–Crippen LogP) is 3.39. The molecule has 0 saturated heterocycles. The average Bonchev–Trinajstić information content (AvgIpc) is 2.63. The van der Waals surface area contributed by atoms with Gasteiger partial charge in [0.2, 0.25) is 0 Å². The van der Waals surface area contributed by atoms with E-state index in [9.17, 15) is 10.1 Å². The molecule has 2 rings (SSSR count). The summed E-state index contributed by atoms with van der Waals surface area (Å²) in [5, 5.41) is 14.1. The number of halogens is 1. The zero-order chi connectivity index (χ0) is 12.5. The zero-order valence-electron chi connectivity index (χ0n) is 9.57. The molecule has 5 nitrogen and oxygen atoms in total. The summed E-state index contributed by atoms with van der Waals surface area (Å²) in [6.07, 6.45) is 4.45. The van der Waals surface area contributed by atoms with Crippen LogP contribution in [0.4, 0.5) is 11.5 Å². The molecule has 0 amide bonds. The molecule has 0 radical (unpaired) electrons. The van der Waals surface area contributed by atoms with Gasteiger partial charge in [0.1, 0.15) is 11.0 Å². The summed E-state index contributed by atoms with van der Waals surface area (Å²) < 4.78 is 0. The molecule has 1 heterocycles. The third-order valence-electron chi connectivity index (χ3n) is 3.13. The lowest BCUT2D eigenvalue weighted by Crippen LogP contribution is -2.31. The number of hydrogen-bond acceptors (Lipinski definition) is 4. The predicted molar refractivity (Wildman–Crippen MR) is 66.4 cm³/mol. The Morgan fingerprint density at radius 2 is 2.12 bits per heavy atom. The van der Waals surface area contributed by atoms with E-state index in [0.717, 1.165) is 12.8 Å². The molecule has 0 aliphatic heterocycles. The molecule has 0 bridgehead atoms. The van der Waals surface area contributed by atoms with E-state index in [-0.39, 0.29) is 16.4 Å². The molecule has 92 valence electrons. The number of anilines is 1. The third kappa shape index (κ3) is 2.85. The highest BCUT2D eigenvalue weighted by atomic mass is 35.5. The lowest BCUT2D eigenvalue weighted by atomic mass is 10.0. The number of rotatable bonds is 3. The van der Waals surface area contributed by atoms with Gasteiger partial charge in [-0.25, -0.2) is 4.98 Å². The van der Waals surface area contributed by atoms with Gasteiger partial charge in [0.25, 0.3) is 5.69 Å². The Bertz CT molecular complexity index is 444. The second-order valence-electron chi connectivity index (χ2n) is 4.68. The van der Waals surface area contributed by atoms with E-state index < -0.39 is 4.92 Å². The fraction of sp³-hybridized carbons (Fsp3) is 0.545. The summed E-state index contributed by atoms with van der Waals surface area (Å²) in [5.41, 5.74) is -0.0555. The van der Waals surface area contributed by atoms with Crippen molar-refractivity contribution in [3.63, 3.8) is 0 Å². The van der Waals surface area contributed by atoms with Crippen LogP contribution in [0.1, 0.15) is 32.6 Å². The molecule has 0 atom stereocenters. The van der Waals surface area contributed by atoms with Gasteiger partial charge in [0.15, 0.2) is 0 Å². The minimum absolute atomic E-state index is 0.0223. The van der Waals surface area contributed by atoms with Gasteiger partial charge in [0, 0.05) is 5.54 Å². The minimum Gasteiger partial charge on any atom is -0.365 e. The maximum Gasteiger partial charge on any atom is 0.276 e. The van der Waals surface area contributed by atoms with Crippen molar-refractivity contribution in [3.8, 4) is 0 Å². The van der Waals surface area contributed by atoms with Gasteiger partial charge in [-0.05, 0) is 19.8 Å². The molecule has 0 unspecified atom stereocenters. The summed E-state index contributed by atoms with van der Waals surface area (Å²) in [5.74, 6) is 0.480. The number of nitrogens with one attached hydrogen (secondary N) is 1. The van der Waals surface area contributed by atoms with Crippen molar-refractivity contribution in [1.82, 2.24) is 4.98 Å². The van der Waals surface area contributed by atoms with Gasteiger partial charge in [0.05, 0.1) is 17.1 Å². The molecule has 1 saturated carbocycles. The van der Waals surface area contributed by atoms with Crippen molar-refractivity contribution in [2.24, 2.45) is 0 Å². The van der Waals surface area contributed by atoms with Crippen molar-refractivity contribution in [1.29, 1.82) is 0 Å². The van der Waals surface area contributed by atoms with Crippen molar-refractivity contribution in [2.75, 3.05) is 5.32 Å². The topological polar surface area (TPSA) is 68.1 Å². The fourth-order valence-corrected chi connectivity index (χ4v) is 2.45. The Balaban J connectivity index is 2.23. The monoisotopic (exact) mass is 255 g/mol. The highest BCUT2D eigenvalue weighted by molar-refractivity contribution is 6.29. The molecular weight excluding hydrogens is 242 g/mol. The van der Waals surface area contributed by atoms with Crippen LogP contribution in [0.5, 0.6) is 0 Å². The average molecular weight is 256 g/mol. The smallest absolute Gasteiger partial charge is 0.276 e. The molecule has 1 fully saturated rings. The normalized spacial score (nSPS) is 18.0. The van der Waals surface area contributed by atoms with E-state index in [1.165, 1.54) is 25.0 Å². The molecule has 1 aromatic rings. The van der Waals surface area contributed by atoms with Crippen LogP contribution in [0.25, 0.3) is 0 Å². The third-order valence-corrected chi connectivity index (χ3v) is 3.32. The van der Waals surface area contributed by atoms with Crippen LogP contribution in [0, 0.1) is 10.1 Å². The molecular formula is C11H14ClN3O2. The largest absolute Gasteiger partial charge is 0.365 e. The van der Waals surface area contributed by atoms with Crippen LogP contribution < -0.4 is 5.32 Å². The number of hydrogen-bond donors (Lipinski definition) is 1. The second-order valence-corrected chi connectivity index (χ2v) is 5.07. The Morgan fingerprint density at radius 1 is 1.47 bits per heavy atom. The first-order chi connectivity index (χ1) is 7.98. The van der Waals surface area contributed by atoms with E-state index >= 15 is 0 Å². The van der Waals surface area contributed by atoms with Crippen LogP contribution >= 0.6 is 11.6 Å². The molecule has 1 aromatic heterocycles. The Morgan fingerprint density at radius 3 is 2.71 bits per heavy atom. The molecule has 1 aliphatic carbocycles. The maximum atomic E-state index is 10.7.